The molecule has 1 fully saturated rings. The van der Waals surface area contributed by atoms with Crippen LogP contribution in [-0.2, 0) is 0 Å². The molecule has 1 aliphatic heterocycles. The van der Waals surface area contributed by atoms with Gasteiger partial charge in [0.15, 0.2) is 0 Å². The lowest BCUT2D eigenvalue weighted by Gasteiger charge is -2.34. The van der Waals surface area contributed by atoms with Gasteiger partial charge in [0.25, 0.3) is 0 Å². The highest BCUT2D eigenvalue weighted by Crippen LogP contribution is 2.30. The molecule has 0 bridgehead atoms. The van der Waals surface area contributed by atoms with E-state index in [0.29, 0.717) is 6.04 Å². The number of para-hydroxylation sites is 1. The SMILES string of the molecule is OCCC(c1c[nH]c2ccccc12)N1CCNCC1. The van der Waals surface area contributed by atoms with Crippen LogP contribution in [0.2, 0.25) is 0 Å². The van der Waals surface area contributed by atoms with E-state index in [-0.39, 0.29) is 6.61 Å². The zero-order valence-corrected chi connectivity index (χ0v) is 11.1. The number of fused-ring (bicyclic) bond motifs is 1. The molecular formula is C15H21N3O. The fourth-order valence-electron chi connectivity index (χ4n) is 3.02. The lowest BCUT2D eigenvalue weighted by Crippen LogP contribution is -2.45. The van der Waals surface area contributed by atoms with Crippen LogP contribution in [0.25, 0.3) is 10.9 Å². The van der Waals surface area contributed by atoms with Crippen LogP contribution in [0, 0.1) is 0 Å². The Kier molecular flexibility index (Phi) is 3.82. The fraction of sp³-hybridized carbons (Fsp3) is 0.467. The number of nitrogens with one attached hydrogen (secondary N) is 2. The van der Waals surface area contributed by atoms with E-state index in [9.17, 15) is 5.11 Å². The Bertz CT molecular complexity index is 531. The Labute approximate surface area is 113 Å². The smallest absolute Gasteiger partial charge is 0.0457 e. The molecule has 102 valence electrons. The van der Waals surface area contributed by atoms with Crippen molar-refractivity contribution in [1.82, 2.24) is 15.2 Å². The predicted molar refractivity (Wildman–Crippen MR) is 77.2 cm³/mol. The van der Waals surface area contributed by atoms with Gasteiger partial charge in [0.05, 0.1) is 0 Å². The first kappa shape index (κ1) is 12.7. The van der Waals surface area contributed by atoms with Crippen LogP contribution >= 0.6 is 0 Å². The minimum absolute atomic E-state index is 0.230. The molecule has 0 spiro atoms. The number of hydrogen-bond donors (Lipinski definition) is 3. The highest BCUT2D eigenvalue weighted by atomic mass is 16.3. The highest BCUT2D eigenvalue weighted by Gasteiger charge is 2.23. The van der Waals surface area contributed by atoms with E-state index in [1.807, 2.05) is 0 Å². The largest absolute Gasteiger partial charge is 0.396 e. The summed E-state index contributed by atoms with van der Waals surface area (Å²) in [5.41, 5.74) is 2.49. The molecule has 3 rings (SSSR count). The molecule has 1 atom stereocenters. The molecule has 0 aliphatic carbocycles. The number of hydrogen-bond acceptors (Lipinski definition) is 3. The Morgan fingerprint density at radius 1 is 1.21 bits per heavy atom. The van der Waals surface area contributed by atoms with Gasteiger partial charge in [-0.05, 0) is 18.1 Å². The minimum Gasteiger partial charge on any atom is -0.396 e. The van der Waals surface area contributed by atoms with Gasteiger partial charge < -0.3 is 15.4 Å². The second kappa shape index (κ2) is 5.74. The lowest BCUT2D eigenvalue weighted by molar-refractivity contribution is 0.142. The quantitative estimate of drug-likeness (QED) is 0.780. The molecule has 4 heteroatoms. The van der Waals surface area contributed by atoms with Crippen molar-refractivity contribution in [1.29, 1.82) is 0 Å². The summed E-state index contributed by atoms with van der Waals surface area (Å²) in [5, 5.41) is 14.0. The maximum absolute atomic E-state index is 9.39. The third-order valence-electron chi connectivity index (χ3n) is 3.98. The Hall–Kier alpha value is -1.36. The molecule has 4 nitrogen and oxygen atoms in total. The van der Waals surface area contributed by atoms with Crippen molar-refractivity contribution < 1.29 is 5.11 Å². The summed E-state index contributed by atoms with van der Waals surface area (Å²) >= 11 is 0. The number of nitrogens with zero attached hydrogens (tertiary/aromatic N) is 1. The summed E-state index contributed by atoms with van der Waals surface area (Å²) in [7, 11) is 0. The van der Waals surface area contributed by atoms with Crippen molar-refractivity contribution in [3.63, 3.8) is 0 Å². The normalized spacial score (nSPS) is 18.8. The summed E-state index contributed by atoms with van der Waals surface area (Å²) in [4.78, 5) is 5.82. The maximum atomic E-state index is 9.39. The van der Waals surface area contributed by atoms with E-state index in [4.69, 9.17) is 0 Å². The van der Waals surface area contributed by atoms with Gasteiger partial charge in [0.1, 0.15) is 0 Å². The third kappa shape index (κ3) is 2.52. The molecule has 1 unspecified atom stereocenters. The minimum atomic E-state index is 0.230. The zero-order chi connectivity index (χ0) is 13.1. The second-order valence-corrected chi connectivity index (χ2v) is 5.10. The average Bonchev–Trinajstić information content (AvgIpc) is 2.89. The number of aliphatic hydroxyl groups excluding tert-OH is 1. The monoisotopic (exact) mass is 259 g/mol. The van der Waals surface area contributed by atoms with Gasteiger partial charge in [-0.15, -0.1) is 0 Å². The Morgan fingerprint density at radius 3 is 2.79 bits per heavy atom. The van der Waals surface area contributed by atoms with Crippen LogP contribution in [0.3, 0.4) is 0 Å². The predicted octanol–water partition coefficient (Wildman–Crippen LogP) is 1.50. The van der Waals surface area contributed by atoms with Crippen LogP contribution in [-0.4, -0.2) is 47.8 Å². The van der Waals surface area contributed by atoms with Gasteiger partial charge in [-0.3, -0.25) is 4.90 Å². The Balaban J connectivity index is 1.94. The van der Waals surface area contributed by atoms with Gasteiger partial charge >= 0.3 is 0 Å². The average molecular weight is 259 g/mol. The molecular weight excluding hydrogens is 238 g/mol. The van der Waals surface area contributed by atoms with E-state index in [1.165, 1.54) is 16.5 Å². The third-order valence-corrected chi connectivity index (χ3v) is 3.98. The highest BCUT2D eigenvalue weighted by molar-refractivity contribution is 5.83. The van der Waals surface area contributed by atoms with Gasteiger partial charge in [-0.1, -0.05) is 18.2 Å². The number of aromatic nitrogens is 1. The van der Waals surface area contributed by atoms with E-state index >= 15 is 0 Å². The molecule has 2 aromatic rings. The molecule has 1 aromatic carbocycles. The summed E-state index contributed by atoms with van der Waals surface area (Å²) in [6, 6.07) is 8.70. The number of piperazine rings is 1. The molecule has 1 aromatic heterocycles. The van der Waals surface area contributed by atoms with Gasteiger partial charge in [0, 0.05) is 55.9 Å². The second-order valence-electron chi connectivity index (χ2n) is 5.10. The first-order chi connectivity index (χ1) is 9.40. The van der Waals surface area contributed by atoms with Crippen molar-refractivity contribution in [2.45, 2.75) is 12.5 Å². The number of benzene rings is 1. The number of aliphatic hydroxyl groups is 1. The molecule has 2 heterocycles. The summed E-state index contributed by atoms with van der Waals surface area (Å²) in [6.45, 7) is 4.39. The van der Waals surface area contributed by atoms with Crippen molar-refractivity contribution in [2.75, 3.05) is 32.8 Å². The summed E-state index contributed by atoms with van der Waals surface area (Å²) in [6.07, 6.45) is 2.90. The number of aromatic amines is 1. The van der Waals surface area contributed by atoms with E-state index in [1.54, 1.807) is 0 Å². The van der Waals surface area contributed by atoms with Crippen LogP contribution < -0.4 is 5.32 Å². The van der Waals surface area contributed by atoms with E-state index < -0.39 is 0 Å². The van der Waals surface area contributed by atoms with Crippen LogP contribution in [0.5, 0.6) is 0 Å². The van der Waals surface area contributed by atoms with Crippen molar-refractivity contribution in [3.05, 3.63) is 36.0 Å². The van der Waals surface area contributed by atoms with Gasteiger partial charge in [-0.25, -0.2) is 0 Å². The van der Waals surface area contributed by atoms with Gasteiger partial charge in [-0.2, -0.15) is 0 Å². The van der Waals surface area contributed by atoms with Crippen molar-refractivity contribution >= 4 is 10.9 Å². The van der Waals surface area contributed by atoms with E-state index in [2.05, 4.69) is 45.7 Å². The summed E-state index contributed by atoms with van der Waals surface area (Å²) < 4.78 is 0. The standard InChI is InChI=1S/C15H21N3O/c19-10-5-15(18-8-6-16-7-9-18)13-11-17-14-4-2-1-3-12(13)14/h1-4,11,15-17,19H,5-10H2. The molecule has 0 saturated carbocycles. The molecule has 0 radical (unpaired) electrons. The first-order valence-electron chi connectivity index (χ1n) is 7.02. The number of rotatable bonds is 4. The molecule has 1 saturated heterocycles. The number of H-pyrrole nitrogens is 1. The first-order valence-corrected chi connectivity index (χ1v) is 7.02. The van der Waals surface area contributed by atoms with Crippen LogP contribution in [0.15, 0.2) is 30.5 Å². The molecule has 3 N–H and O–H groups in total. The molecule has 0 amide bonds. The van der Waals surface area contributed by atoms with Crippen LogP contribution in [0.4, 0.5) is 0 Å². The summed E-state index contributed by atoms with van der Waals surface area (Å²) in [5.74, 6) is 0. The van der Waals surface area contributed by atoms with E-state index in [0.717, 1.165) is 32.6 Å². The molecule has 1 aliphatic rings. The van der Waals surface area contributed by atoms with Crippen molar-refractivity contribution in [2.24, 2.45) is 0 Å². The zero-order valence-electron chi connectivity index (χ0n) is 11.1. The molecule has 19 heavy (non-hydrogen) atoms. The maximum Gasteiger partial charge on any atom is 0.0457 e. The van der Waals surface area contributed by atoms with Crippen LogP contribution in [0.1, 0.15) is 18.0 Å². The Morgan fingerprint density at radius 2 is 2.00 bits per heavy atom. The topological polar surface area (TPSA) is 51.3 Å². The van der Waals surface area contributed by atoms with Crippen molar-refractivity contribution in [3.8, 4) is 0 Å². The lowest BCUT2D eigenvalue weighted by atomic mass is 10.0. The van der Waals surface area contributed by atoms with Gasteiger partial charge in [0.2, 0.25) is 0 Å². The fourth-order valence-corrected chi connectivity index (χ4v) is 3.02.